The Kier molecular flexibility index (Phi) is 5.84. The van der Waals surface area contributed by atoms with Gasteiger partial charge in [-0.1, -0.05) is 12.1 Å². The van der Waals surface area contributed by atoms with Gasteiger partial charge < -0.3 is 19.3 Å². The number of pyridine rings is 1. The average Bonchev–Trinajstić information content (AvgIpc) is 2.66. The number of nitrogens with zero attached hydrogens (tertiary/aromatic N) is 3. The van der Waals surface area contributed by atoms with E-state index >= 15 is 0 Å². The summed E-state index contributed by atoms with van der Waals surface area (Å²) in [6.45, 7) is 8.91. The van der Waals surface area contributed by atoms with Crippen LogP contribution in [0.3, 0.4) is 0 Å². The van der Waals surface area contributed by atoms with Crippen LogP contribution in [0.25, 0.3) is 0 Å². The first-order valence-electron chi connectivity index (χ1n) is 9.26. The smallest absolute Gasteiger partial charge is 0.410 e. The highest BCUT2D eigenvalue weighted by Crippen LogP contribution is 2.29. The van der Waals surface area contributed by atoms with Crippen LogP contribution in [0, 0.1) is 0 Å². The lowest BCUT2D eigenvalue weighted by Crippen LogP contribution is -2.50. The third-order valence-corrected chi connectivity index (χ3v) is 4.28. The van der Waals surface area contributed by atoms with Gasteiger partial charge in [0.2, 0.25) is 0 Å². The summed E-state index contributed by atoms with van der Waals surface area (Å²) in [5, 5.41) is 0. The van der Waals surface area contributed by atoms with Crippen LogP contribution in [0.2, 0.25) is 0 Å². The van der Waals surface area contributed by atoms with Crippen molar-refractivity contribution >= 4 is 11.8 Å². The van der Waals surface area contributed by atoms with Crippen molar-refractivity contribution in [3.8, 4) is 5.75 Å². The lowest BCUT2D eigenvalue weighted by molar-refractivity contribution is 0.0240. The van der Waals surface area contributed by atoms with E-state index in [1.165, 1.54) is 0 Å². The Balaban J connectivity index is 1.60. The zero-order valence-electron chi connectivity index (χ0n) is 16.2. The standard InChI is InChI=1S/C21H27N3O3/c1-21(2,3)27-20(25)24-14-12-23(13-15-24)18-6-4-5-7-19(18)26-16-17-8-10-22-11-9-17/h4-11H,12-16H2,1-3H3. The van der Waals surface area contributed by atoms with E-state index in [-0.39, 0.29) is 6.09 Å². The van der Waals surface area contributed by atoms with Gasteiger partial charge in [0.15, 0.2) is 0 Å². The molecule has 0 aliphatic carbocycles. The van der Waals surface area contributed by atoms with Crippen LogP contribution >= 0.6 is 0 Å². The van der Waals surface area contributed by atoms with Gasteiger partial charge in [0.25, 0.3) is 0 Å². The second kappa shape index (κ2) is 8.29. The molecule has 0 unspecified atom stereocenters. The van der Waals surface area contributed by atoms with Gasteiger partial charge >= 0.3 is 6.09 Å². The predicted octanol–water partition coefficient (Wildman–Crippen LogP) is 3.72. The van der Waals surface area contributed by atoms with Gasteiger partial charge in [0.05, 0.1) is 5.69 Å². The van der Waals surface area contributed by atoms with Crippen molar-refractivity contribution in [2.75, 3.05) is 31.1 Å². The summed E-state index contributed by atoms with van der Waals surface area (Å²) in [6, 6.07) is 11.9. The second-order valence-electron chi connectivity index (χ2n) is 7.57. The van der Waals surface area contributed by atoms with Gasteiger partial charge in [-0.15, -0.1) is 0 Å². The van der Waals surface area contributed by atoms with Crippen LogP contribution < -0.4 is 9.64 Å². The summed E-state index contributed by atoms with van der Waals surface area (Å²) in [5.41, 5.74) is 1.66. The van der Waals surface area contributed by atoms with Crippen LogP contribution in [0.1, 0.15) is 26.3 Å². The Morgan fingerprint density at radius 1 is 1.04 bits per heavy atom. The fraction of sp³-hybridized carbons (Fsp3) is 0.429. The number of carbonyl (C=O) groups is 1. The molecule has 6 nitrogen and oxygen atoms in total. The Hall–Kier alpha value is -2.76. The molecule has 2 aromatic rings. The van der Waals surface area contributed by atoms with E-state index in [0.29, 0.717) is 19.7 Å². The maximum absolute atomic E-state index is 12.2. The van der Waals surface area contributed by atoms with Crippen molar-refractivity contribution in [2.45, 2.75) is 33.0 Å². The molecule has 0 bridgehead atoms. The first-order valence-corrected chi connectivity index (χ1v) is 9.26. The number of hydrogen-bond donors (Lipinski definition) is 0. The van der Waals surface area contributed by atoms with Gasteiger partial charge in [-0.3, -0.25) is 4.98 Å². The molecule has 27 heavy (non-hydrogen) atoms. The van der Waals surface area contributed by atoms with Crippen molar-refractivity contribution < 1.29 is 14.3 Å². The molecular formula is C21H27N3O3. The van der Waals surface area contributed by atoms with E-state index in [1.54, 1.807) is 17.3 Å². The van der Waals surface area contributed by atoms with E-state index in [1.807, 2.05) is 51.1 Å². The molecule has 0 spiro atoms. The molecule has 144 valence electrons. The fourth-order valence-corrected chi connectivity index (χ4v) is 2.94. The van der Waals surface area contributed by atoms with Gasteiger partial charge in [-0.25, -0.2) is 4.79 Å². The number of benzene rings is 1. The topological polar surface area (TPSA) is 54.9 Å². The summed E-state index contributed by atoms with van der Waals surface area (Å²) >= 11 is 0. The SMILES string of the molecule is CC(C)(C)OC(=O)N1CCN(c2ccccc2OCc2ccncc2)CC1. The summed E-state index contributed by atoms with van der Waals surface area (Å²) in [5.74, 6) is 0.847. The number of aromatic nitrogens is 1. The molecule has 1 aliphatic rings. The number of hydrogen-bond acceptors (Lipinski definition) is 5. The number of ether oxygens (including phenoxy) is 2. The predicted molar refractivity (Wildman–Crippen MR) is 105 cm³/mol. The highest BCUT2D eigenvalue weighted by Gasteiger charge is 2.26. The van der Waals surface area contributed by atoms with Crippen LogP contribution in [0.15, 0.2) is 48.8 Å². The maximum Gasteiger partial charge on any atom is 0.410 e. The van der Waals surface area contributed by atoms with Crippen molar-refractivity contribution in [3.05, 3.63) is 54.4 Å². The Labute approximate surface area is 160 Å². The molecule has 0 N–H and O–H groups in total. The zero-order valence-corrected chi connectivity index (χ0v) is 16.2. The first kappa shape index (κ1) is 19.0. The number of piperazine rings is 1. The van der Waals surface area contributed by atoms with Crippen molar-refractivity contribution in [3.63, 3.8) is 0 Å². The molecule has 1 aromatic carbocycles. The largest absolute Gasteiger partial charge is 0.487 e. The van der Waals surface area contributed by atoms with Crippen LogP contribution in [0.5, 0.6) is 5.75 Å². The molecule has 1 aliphatic heterocycles. The minimum atomic E-state index is -0.471. The maximum atomic E-state index is 12.2. The van der Waals surface area contributed by atoms with Gasteiger partial charge in [-0.2, -0.15) is 0 Å². The molecule has 0 atom stereocenters. The normalized spacial score (nSPS) is 14.8. The summed E-state index contributed by atoms with van der Waals surface area (Å²) in [4.78, 5) is 20.3. The molecule has 0 saturated carbocycles. The second-order valence-corrected chi connectivity index (χ2v) is 7.57. The molecular weight excluding hydrogens is 342 g/mol. The Morgan fingerprint density at radius 2 is 1.70 bits per heavy atom. The van der Waals surface area contributed by atoms with Crippen molar-refractivity contribution in [1.29, 1.82) is 0 Å². The summed E-state index contributed by atoms with van der Waals surface area (Å²) in [7, 11) is 0. The van der Waals surface area contributed by atoms with E-state index < -0.39 is 5.60 Å². The number of carbonyl (C=O) groups excluding carboxylic acids is 1. The minimum absolute atomic E-state index is 0.246. The van der Waals surface area contributed by atoms with Crippen LogP contribution in [-0.4, -0.2) is 47.8 Å². The fourth-order valence-electron chi connectivity index (χ4n) is 2.94. The average molecular weight is 369 g/mol. The van der Waals surface area contributed by atoms with Gasteiger partial charge in [0.1, 0.15) is 18.0 Å². The third kappa shape index (κ3) is 5.36. The Bertz CT molecular complexity index is 751. The number of amides is 1. The molecule has 0 radical (unpaired) electrons. The zero-order chi connectivity index (χ0) is 19.3. The molecule has 1 aromatic heterocycles. The lowest BCUT2D eigenvalue weighted by atomic mass is 10.2. The van der Waals surface area contributed by atoms with E-state index in [2.05, 4.69) is 16.0 Å². The number of anilines is 1. The highest BCUT2D eigenvalue weighted by molar-refractivity contribution is 5.69. The molecule has 6 heteroatoms. The van der Waals surface area contributed by atoms with Crippen molar-refractivity contribution in [1.82, 2.24) is 9.88 Å². The number of rotatable bonds is 4. The van der Waals surface area contributed by atoms with Gasteiger partial charge in [0, 0.05) is 38.6 Å². The molecule has 1 fully saturated rings. The lowest BCUT2D eigenvalue weighted by Gasteiger charge is -2.37. The van der Waals surface area contributed by atoms with Crippen LogP contribution in [0.4, 0.5) is 10.5 Å². The molecule has 2 heterocycles. The summed E-state index contributed by atoms with van der Waals surface area (Å²) < 4.78 is 11.5. The van der Waals surface area contributed by atoms with E-state index in [0.717, 1.165) is 30.1 Å². The highest BCUT2D eigenvalue weighted by atomic mass is 16.6. The van der Waals surface area contributed by atoms with Crippen LogP contribution in [-0.2, 0) is 11.3 Å². The monoisotopic (exact) mass is 369 g/mol. The molecule has 1 saturated heterocycles. The minimum Gasteiger partial charge on any atom is -0.487 e. The van der Waals surface area contributed by atoms with Crippen molar-refractivity contribution in [2.24, 2.45) is 0 Å². The van der Waals surface area contributed by atoms with E-state index in [9.17, 15) is 4.79 Å². The van der Waals surface area contributed by atoms with E-state index in [4.69, 9.17) is 9.47 Å². The molecule has 3 rings (SSSR count). The molecule has 1 amide bonds. The summed E-state index contributed by atoms with van der Waals surface area (Å²) in [6.07, 6.45) is 3.28. The Morgan fingerprint density at radius 3 is 2.37 bits per heavy atom. The van der Waals surface area contributed by atoms with Gasteiger partial charge in [-0.05, 0) is 50.6 Å². The quantitative estimate of drug-likeness (QED) is 0.822. The number of para-hydroxylation sites is 2. The third-order valence-electron chi connectivity index (χ3n) is 4.28. The first-order chi connectivity index (χ1) is 12.9.